The van der Waals surface area contributed by atoms with Crippen LogP contribution in [0.4, 0.5) is 5.69 Å². The third-order valence-electron chi connectivity index (χ3n) is 4.66. The summed E-state index contributed by atoms with van der Waals surface area (Å²) in [4.78, 5) is 12.7. The van der Waals surface area contributed by atoms with Crippen LogP contribution in [0.15, 0.2) is 48.5 Å². The summed E-state index contributed by atoms with van der Waals surface area (Å²) in [5.74, 6) is -0.0712. The minimum absolute atomic E-state index is 0.0712. The monoisotopic (exact) mass is 396 g/mol. The summed E-state index contributed by atoms with van der Waals surface area (Å²) in [6.45, 7) is 2.00. The Bertz CT molecular complexity index is 929. The molecule has 1 aromatic heterocycles. The van der Waals surface area contributed by atoms with Gasteiger partial charge in [-0.2, -0.15) is 0 Å². The molecule has 3 nitrogen and oxygen atoms in total. The number of aromatic nitrogens is 1. The maximum atomic E-state index is 12.7. The third-order valence-corrected chi connectivity index (χ3v) is 6.64. The van der Waals surface area contributed by atoms with E-state index in [0.717, 1.165) is 28.9 Å². The van der Waals surface area contributed by atoms with Gasteiger partial charge in [-0.15, -0.1) is 0 Å². The first-order valence-electron chi connectivity index (χ1n) is 8.67. The van der Waals surface area contributed by atoms with Crippen molar-refractivity contribution in [2.45, 2.75) is 32.6 Å². The number of hydrogen-bond acceptors (Lipinski definition) is 2. The summed E-state index contributed by atoms with van der Waals surface area (Å²) in [5.41, 5.74) is 6.21. The van der Waals surface area contributed by atoms with Crippen molar-refractivity contribution < 1.29 is 4.79 Å². The predicted octanol–water partition coefficient (Wildman–Crippen LogP) is 4.25. The van der Waals surface area contributed by atoms with E-state index in [4.69, 9.17) is 3.98 Å². The van der Waals surface area contributed by atoms with Gasteiger partial charge < -0.3 is 0 Å². The molecule has 1 amide bonds. The molecule has 0 unspecified atom stereocenters. The van der Waals surface area contributed by atoms with Crippen molar-refractivity contribution in [3.8, 4) is 11.3 Å². The molecule has 1 N–H and O–H groups in total. The predicted molar refractivity (Wildman–Crippen MR) is 102 cm³/mol. The van der Waals surface area contributed by atoms with Crippen LogP contribution in [0.25, 0.3) is 11.3 Å². The van der Waals surface area contributed by atoms with Gasteiger partial charge in [0.15, 0.2) is 0 Å². The zero-order valence-electron chi connectivity index (χ0n) is 14.2. The number of hydrogen-bond donors (Lipinski definition) is 1. The number of carbonyl (C=O) groups is 1. The van der Waals surface area contributed by atoms with Gasteiger partial charge in [-0.3, -0.25) is 0 Å². The van der Waals surface area contributed by atoms with Crippen LogP contribution in [0.3, 0.4) is 0 Å². The fourth-order valence-corrected chi connectivity index (χ4v) is 5.38. The van der Waals surface area contributed by atoms with Gasteiger partial charge in [0, 0.05) is 0 Å². The number of aryl methyl sites for hydroxylation is 2. The summed E-state index contributed by atoms with van der Waals surface area (Å²) in [7, 11) is 0. The average Bonchev–Trinajstić information content (AvgIpc) is 3.06. The van der Waals surface area contributed by atoms with E-state index in [1.54, 1.807) is 4.44 Å². The zero-order valence-corrected chi connectivity index (χ0v) is 15.9. The first-order valence-corrected chi connectivity index (χ1v) is 10.3. The van der Waals surface area contributed by atoms with E-state index in [2.05, 4.69) is 11.4 Å². The number of nitrogens with zero attached hydrogens (tertiary/aromatic N) is 1. The molecule has 1 aliphatic carbocycles. The molecule has 126 valence electrons. The molecule has 3 aromatic rings. The Morgan fingerprint density at radius 2 is 1.92 bits per heavy atom. The molecule has 25 heavy (non-hydrogen) atoms. The molecule has 0 bridgehead atoms. The Morgan fingerprint density at radius 1 is 1.08 bits per heavy atom. The van der Waals surface area contributed by atoms with Crippen LogP contribution in [0.5, 0.6) is 0 Å². The van der Waals surface area contributed by atoms with Crippen LogP contribution < -0.4 is 5.32 Å². The van der Waals surface area contributed by atoms with E-state index in [-0.39, 0.29) is 20.6 Å². The van der Waals surface area contributed by atoms with Crippen molar-refractivity contribution in [3.63, 3.8) is 0 Å². The van der Waals surface area contributed by atoms with Crippen LogP contribution in [-0.2, 0) is 12.8 Å². The van der Waals surface area contributed by atoms with E-state index in [0.29, 0.717) is 5.56 Å². The summed E-state index contributed by atoms with van der Waals surface area (Å²) in [5, 5.41) is 3.09. The minimum atomic E-state index is -0.0712. The van der Waals surface area contributed by atoms with Crippen LogP contribution in [0, 0.1) is 6.92 Å². The fraction of sp³-hybridized carbons (Fsp3) is 0.238. The normalized spacial score (nSPS) is 13.3. The molecule has 4 rings (SSSR count). The zero-order chi connectivity index (χ0) is 17.2. The van der Waals surface area contributed by atoms with Crippen molar-refractivity contribution in [1.29, 1.82) is 0 Å². The first kappa shape index (κ1) is 16.3. The molecule has 0 radical (unpaired) electrons. The standard InChI is InChI=1S/C21H20N2OSe/c1-14-7-6-8-15(13-14)21(24)22-18-11-4-2-9-16(18)20-17-10-3-5-12-19(17)25-23-20/h2,4,6-9,11,13H,3,5,10,12H2,1H3,(H,22,24). The molecule has 0 atom stereocenters. The molecule has 0 saturated heterocycles. The number of benzene rings is 2. The second-order valence-electron chi connectivity index (χ2n) is 6.51. The molecule has 0 aliphatic heterocycles. The number of nitrogens with one attached hydrogen (secondary N) is 1. The van der Waals surface area contributed by atoms with Crippen molar-refractivity contribution in [2.24, 2.45) is 0 Å². The van der Waals surface area contributed by atoms with Gasteiger partial charge >= 0.3 is 154 Å². The van der Waals surface area contributed by atoms with Crippen molar-refractivity contribution in [3.05, 3.63) is 69.7 Å². The Labute approximate surface area is 154 Å². The van der Waals surface area contributed by atoms with E-state index in [1.807, 2.05) is 49.4 Å². The fourth-order valence-electron chi connectivity index (χ4n) is 3.38. The van der Waals surface area contributed by atoms with Gasteiger partial charge in [0.2, 0.25) is 0 Å². The molecule has 1 heterocycles. The Balaban J connectivity index is 1.68. The van der Waals surface area contributed by atoms with Crippen LogP contribution in [0.2, 0.25) is 0 Å². The topological polar surface area (TPSA) is 42.0 Å². The second kappa shape index (κ2) is 6.99. The van der Waals surface area contributed by atoms with Gasteiger partial charge in [0.1, 0.15) is 0 Å². The number of carbonyl (C=O) groups excluding carboxylic acids is 1. The number of rotatable bonds is 3. The number of amides is 1. The quantitative estimate of drug-likeness (QED) is 0.674. The summed E-state index contributed by atoms with van der Waals surface area (Å²) < 4.78 is 6.41. The van der Waals surface area contributed by atoms with Crippen molar-refractivity contribution in [1.82, 2.24) is 3.98 Å². The van der Waals surface area contributed by atoms with Crippen LogP contribution in [-0.4, -0.2) is 24.6 Å². The Hall–Kier alpha value is -2.16. The van der Waals surface area contributed by atoms with Gasteiger partial charge in [-0.25, -0.2) is 0 Å². The number of anilines is 1. The van der Waals surface area contributed by atoms with Crippen LogP contribution >= 0.6 is 0 Å². The average molecular weight is 395 g/mol. The van der Waals surface area contributed by atoms with Gasteiger partial charge in [-0.1, -0.05) is 0 Å². The number of para-hydroxylation sites is 1. The van der Waals surface area contributed by atoms with E-state index in [9.17, 15) is 4.79 Å². The molecule has 0 saturated carbocycles. The molecule has 2 aromatic carbocycles. The number of fused-ring (bicyclic) bond motifs is 1. The molecule has 0 spiro atoms. The van der Waals surface area contributed by atoms with E-state index >= 15 is 0 Å². The van der Waals surface area contributed by atoms with Gasteiger partial charge in [0.25, 0.3) is 0 Å². The maximum absolute atomic E-state index is 12.7. The van der Waals surface area contributed by atoms with Crippen LogP contribution in [0.1, 0.15) is 38.8 Å². The van der Waals surface area contributed by atoms with Gasteiger partial charge in [0.05, 0.1) is 0 Å². The Morgan fingerprint density at radius 3 is 2.80 bits per heavy atom. The molecule has 0 fully saturated rings. The molecular weight excluding hydrogens is 375 g/mol. The SMILES string of the molecule is Cc1cccc(C(=O)Nc2ccccc2-c2n[se]c3c2CCCC3)c1. The van der Waals surface area contributed by atoms with Gasteiger partial charge in [-0.05, 0) is 0 Å². The summed E-state index contributed by atoms with van der Waals surface area (Å²) in [6, 6.07) is 15.7. The third kappa shape index (κ3) is 3.33. The van der Waals surface area contributed by atoms with E-state index < -0.39 is 0 Å². The Kier molecular flexibility index (Phi) is 4.56. The second-order valence-corrected chi connectivity index (χ2v) is 8.31. The first-order chi connectivity index (χ1) is 12.2. The van der Waals surface area contributed by atoms with Crippen molar-refractivity contribution in [2.75, 3.05) is 5.32 Å². The summed E-state index contributed by atoms with van der Waals surface area (Å²) in [6.07, 6.45) is 4.84. The molecular formula is C21H20N2OSe. The summed E-state index contributed by atoms with van der Waals surface area (Å²) >= 11 is 0.235. The van der Waals surface area contributed by atoms with E-state index in [1.165, 1.54) is 24.8 Å². The van der Waals surface area contributed by atoms with Crippen molar-refractivity contribution >= 4 is 26.3 Å². The molecule has 4 heteroatoms. The molecule has 1 aliphatic rings.